The minimum atomic E-state index is -4.78. The minimum Gasteiger partial charge on any atom is -0.348 e. The number of halogens is 3. The van der Waals surface area contributed by atoms with Crippen LogP contribution < -0.4 is 0 Å². The van der Waals surface area contributed by atoms with Gasteiger partial charge in [0.2, 0.25) is 5.78 Å². The third-order valence-electron chi connectivity index (χ3n) is 1.80. The molecule has 0 aromatic carbocycles. The van der Waals surface area contributed by atoms with E-state index < -0.39 is 30.3 Å². The molecule has 0 aromatic heterocycles. The summed E-state index contributed by atoms with van der Waals surface area (Å²) < 4.78 is 45.6. The topological polar surface area (TPSA) is 35.5 Å². The van der Waals surface area contributed by atoms with E-state index in [4.69, 9.17) is 9.47 Å². The summed E-state index contributed by atoms with van der Waals surface area (Å²) >= 11 is 0. The van der Waals surface area contributed by atoms with Crippen LogP contribution in [0.3, 0.4) is 0 Å². The van der Waals surface area contributed by atoms with Crippen LogP contribution >= 0.6 is 0 Å². The first kappa shape index (κ1) is 11.5. The van der Waals surface area contributed by atoms with Crippen molar-refractivity contribution in [2.45, 2.75) is 38.3 Å². The van der Waals surface area contributed by atoms with Crippen molar-refractivity contribution in [3.63, 3.8) is 0 Å². The molecule has 14 heavy (non-hydrogen) atoms. The number of hydrogen-bond donors (Lipinski definition) is 0. The van der Waals surface area contributed by atoms with Crippen molar-refractivity contribution in [1.82, 2.24) is 0 Å². The van der Waals surface area contributed by atoms with Crippen molar-refractivity contribution in [2.75, 3.05) is 6.61 Å². The van der Waals surface area contributed by atoms with Crippen LogP contribution in [0.15, 0.2) is 0 Å². The van der Waals surface area contributed by atoms with Gasteiger partial charge in [-0.2, -0.15) is 13.2 Å². The second-order valence-electron chi connectivity index (χ2n) is 3.58. The van der Waals surface area contributed by atoms with Crippen molar-refractivity contribution in [1.29, 1.82) is 0 Å². The molecule has 6 heteroatoms. The maximum atomic E-state index is 11.8. The van der Waals surface area contributed by atoms with Crippen LogP contribution in [-0.2, 0) is 14.3 Å². The summed E-state index contributed by atoms with van der Waals surface area (Å²) in [6.45, 7) is 3.20. The number of ketones is 1. The molecule has 1 heterocycles. The fourth-order valence-corrected chi connectivity index (χ4v) is 1.19. The van der Waals surface area contributed by atoms with E-state index >= 15 is 0 Å². The van der Waals surface area contributed by atoms with E-state index in [0.29, 0.717) is 0 Å². The molecule has 1 aliphatic heterocycles. The monoisotopic (exact) mass is 212 g/mol. The summed E-state index contributed by atoms with van der Waals surface area (Å²) in [5.74, 6) is -2.67. The van der Waals surface area contributed by atoms with Crippen LogP contribution in [0.5, 0.6) is 0 Å². The van der Waals surface area contributed by atoms with Crippen molar-refractivity contribution in [3.8, 4) is 0 Å². The van der Waals surface area contributed by atoms with Crippen molar-refractivity contribution < 1.29 is 27.4 Å². The fourth-order valence-electron chi connectivity index (χ4n) is 1.19. The van der Waals surface area contributed by atoms with Gasteiger partial charge in [-0.15, -0.1) is 0 Å². The van der Waals surface area contributed by atoms with E-state index in [1.807, 2.05) is 0 Å². The van der Waals surface area contributed by atoms with Gasteiger partial charge in [-0.05, 0) is 13.8 Å². The van der Waals surface area contributed by atoms with Gasteiger partial charge in [-0.25, -0.2) is 0 Å². The quantitative estimate of drug-likeness (QED) is 0.698. The SMILES string of the molecule is CC1(C)OCC(CC(=O)C(F)(F)F)O1. The zero-order valence-corrected chi connectivity index (χ0v) is 7.85. The van der Waals surface area contributed by atoms with Crippen LogP contribution in [0.4, 0.5) is 13.2 Å². The smallest absolute Gasteiger partial charge is 0.348 e. The molecule has 1 rings (SSSR count). The Balaban J connectivity index is 2.44. The van der Waals surface area contributed by atoms with Crippen LogP contribution in [-0.4, -0.2) is 30.5 Å². The summed E-state index contributed by atoms with van der Waals surface area (Å²) in [6, 6.07) is 0. The molecule has 0 bridgehead atoms. The Morgan fingerprint density at radius 1 is 1.50 bits per heavy atom. The standard InChI is InChI=1S/C8H11F3O3/c1-7(2)13-4-5(14-7)3-6(12)8(9,10)11/h5H,3-4H2,1-2H3. The average Bonchev–Trinajstić information content (AvgIpc) is 2.28. The number of carbonyl (C=O) groups is 1. The Labute approximate surface area is 79.2 Å². The number of carbonyl (C=O) groups excluding carboxylic acids is 1. The second-order valence-corrected chi connectivity index (χ2v) is 3.58. The van der Waals surface area contributed by atoms with Gasteiger partial charge in [0.15, 0.2) is 5.79 Å². The molecule has 0 amide bonds. The van der Waals surface area contributed by atoms with E-state index in [-0.39, 0.29) is 6.61 Å². The van der Waals surface area contributed by atoms with Gasteiger partial charge >= 0.3 is 6.18 Å². The fraction of sp³-hybridized carbons (Fsp3) is 0.875. The Bertz CT molecular complexity index is 234. The van der Waals surface area contributed by atoms with Crippen LogP contribution in [0.25, 0.3) is 0 Å². The number of ether oxygens (including phenoxy) is 2. The zero-order chi connectivity index (χ0) is 11.0. The third-order valence-corrected chi connectivity index (χ3v) is 1.80. The van der Waals surface area contributed by atoms with Crippen molar-refractivity contribution in [3.05, 3.63) is 0 Å². The van der Waals surface area contributed by atoms with Gasteiger partial charge in [-0.3, -0.25) is 4.79 Å². The van der Waals surface area contributed by atoms with Crippen LogP contribution in [0, 0.1) is 0 Å². The number of rotatable bonds is 2. The lowest BCUT2D eigenvalue weighted by Gasteiger charge is -2.16. The van der Waals surface area contributed by atoms with Gasteiger partial charge in [-0.1, -0.05) is 0 Å². The summed E-state index contributed by atoms with van der Waals surface area (Å²) in [5, 5.41) is 0. The van der Waals surface area contributed by atoms with Gasteiger partial charge in [0, 0.05) is 6.42 Å². The summed E-state index contributed by atoms with van der Waals surface area (Å²) in [7, 11) is 0. The minimum absolute atomic E-state index is 0.0226. The Hall–Kier alpha value is -0.620. The maximum absolute atomic E-state index is 11.8. The molecule has 3 nitrogen and oxygen atoms in total. The molecular weight excluding hydrogens is 201 g/mol. The highest BCUT2D eigenvalue weighted by atomic mass is 19.4. The molecule has 82 valence electrons. The van der Waals surface area contributed by atoms with E-state index in [1.165, 1.54) is 0 Å². The zero-order valence-electron chi connectivity index (χ0n) is 7.85. The predicted octanol–water partition coefficient (Wildman–Crippen LogP) is 1.66. The molecule has 0 spiro atoms. The first-order valence-corrected chi connectivity index (χ1v) is 4.12. The lowest BCUT2D eigenvalue weighted by atomic mass is 10.2. The highest BCUT2D eigenvalue weighted by Crippen LogP contribution is 2.27. The van der Waals surface area contributed by atoms with Gasteiger partial charge in [0.1, 0.15) is 0 Å². The largest absolute Gasteiger partial charge is 0.450 e. The van der Waals surface area contributed by atoms with Gasteiger partial charge < -0.3 is 9.47 Å². The first-order chi connectivity index (χ1) is 6.21. The average molecular weight is 212 g/mol. The van der Waals surface area contributed by atoms with Crippen molar-refractivity contribution >= 4 is 5.78 Å². The molecule has 0 saturated carbocycles. The number of alkyl halides is 3. The molecule has 1 atom stereocenters. The summed E-state index contributed by atoms with van der Waals surface area (Å²) in [6.07, 6.45) is -6.25. The highest BCUT2D eigenvalue weighted by Gasteiger charge is 2.42. The van der Waals surface area contributed by atoms with Crippen LogP contribution in [0.1, 0.15) is 20.3 Å². The molecule has 1 saturated heterocycles. The molecule has 1 unspecified atom stereocenters. The van der Waals surface area contributed by atoms with Gasteiger partial charge in [0.25, 0.3) is 0 Å². The summed E-state index contributed by atoms with van der Waals surface area (Å²) in [5.41, 5.74) is 0. The Morgan fingerprint density at radius 2 is 2.07 bits per heavy atom. The third kappa shape index (κ3) is 2.95. The highest BCUT2D eigenvalue weighted by molar-refractivity contribution is 5.84. The first-order valence-electron chi connectivity index (χ1n) is 4.12. The Kier molecular flexibility index (Phi) is 2.87. The van der Waals surface area contributed by atoms with E-state index in [1.54, 1.807) is 13.8 Å². The van der Waals surface area contributed by atoms with E-state index in [0.717, 1.165) is 0 Å². The van der Waals surface area contributed by atoms with Crippen LogP contribution in [0.2, 0.25) is 0 Å². The Morgan fingerprint density at radius 3 is 2.43 bits per heavy atom. The molecule has 1 aliphatic rings. The number of Topliss-reactive ketones (excluding diaryl/α,β-unsaturated/α-hetero) is 1. The second kappa shape index (κ2) is 3.51. The van der Waals surface area contributed by atoms with Crippen molar-refractivity contribution in [2.24, 2.45) is 0 Å². The summed E-state index contributed by atoms with van der Waals surface area (Å²) in [4.78, 5) is 10.6. The molecule has 0 radical (unpaired) electrons. The molecule has 1 fully saturated rings. The van der Waals surface area contributed by atoms with E-state index in [9.17, 15) is 18.0 Å². The maximum Gasteiger partial charge on any atom is 0.450 e. The van der Waals surface area contributed by atoms with Gasteiger partial charge in [0.05, 0.1) is 12.7 Å². The lowest BCUT2D eigenvalue weighted by Crippen LogP contribution is -2.29. The number of hydrogen-bond acceptors (Lipinski definition) is 3. The molecular formula is C8H11F3O3. The molecule has 0 N–H and O–H groups in total. The normalized spacial score (nSPS) is 26.5. The lowest BCUT2D eigenvalue weighted by molar-refractivity contribution is -0.176. The molecule has 0 aliphatic carbocycles. The molecule has 0 aromatic rings. The van der Waals surface area contributed by atoms with E-state index in [2.05, 4.69) is 0 Å². The predicted molar refractivity (Wildman–Crippen MR) is 40.6 cm³/mol.